The van der Waals surface area contributed by atoms with Crippen molar-refractivity contribution >= 4 is 15.9 Å². The van der Waals surface area contributed by atoms with Crippen LogP contribution in [0.3, 0.4) is 0 Å². The minimum Gasteiger partial charge on any atom is -0.396 e. The lowest BCUT2D eigenvalue weighted by molar-refractivity contribution is 0.109. The molecule has 0 amide bonds. The molecule has 0 spiro atoms. The first-order chi connectivity index (χ1) is 8.29. The fourth-order valence-corrected chi connectivity index (χ4v) is 2.51. The molecule has 0 saturated heterocycles. The molecule has 2 rings (SSSR count). The largest absolute Gasteiger partial charge is 0.396 e. The van der Waals surface area contributed by atoms with E-state index < -0.39 is 0 Å². The summed E-state index contributed by atoms with van der Waals surface area (Å²) in [6, 6.07) is 9.29. The van der Waals surface area contributed by atoms with Crippen LogP contribution in [0.5, 0.6) is 0 Å². The zero-order valence-corrected chi connectivity index (χ0v) is 11.7. The molecule has 0 aliphatic heterocycles. The van der Waals surface area contributed by atoms with Gasteiger partial charge in [-0.15, -0.1) is 0 Å². The van der Waals surface area contributed by atoms with Crippen molar-refractivity contribution in [3.05, 3.63) is 34.3 Å². The molecule has 1 aliphatic rings. The monoisotopic (exact) mass is 297 g/mol. The highest BCUT2D eigenvalue weighted by molar-refractivity contribution is 9.10. The molecule has 1 aliphatic carbocycles. The van der Waals surface area contributed by atoms with Gasteiger partial charge >= 0.3 is 0 Å². The summed E-state index contributed by atoms with van der Waals surface area (Å²) in [6.45, 7) is 2.32. The van der Waals surface area contributed by atoms with Crippen LogP contribution in [0, 0.1) is 0 Å². The molecule has 94 valence electrons. The third-order valence-corrected chi connectivity index (χ3v) is 4.02. The van der Waals surface area contributed by atoms with Gasteiger partial charge in [-0.25, -0.2) is 0 Å². The van der Waals surface area contributed by atoms with E-state index in [1.807, 2.05) is 0 Å². The fraction of sp³-hybridized carbons (Fsp3) is 0.571. The van der Waals surface area contributed by atoms with Crippen LogP contribution >= 0.6 is 15.9 Å². The predicted octanol–water partition coefficient (Wildman–Crippen LogP) is 3.19. The van der Waals surface area contributed by atoms with E-state index in [4.69, 9.17) is 5.11 Å². The third-order valence-electron chi connectivity index (χ3n) is 3.49. The average Bonchev–Trinajstić information content (AvgIpc) is 2.26. The molecule has 1 N–H and O–H groups in total. The van der Waals surface area contributed by atoms with Crippen LogP contribution in [0.1, 0.15) is 31.2 Å². The van der Waals surface area contributed by atoms with Crippen LogP contribution in [-0.4, -0.2) is 29.2 Å². The van der Waals surface area contributed by atoms with E-state index in [1.54, 1.807) is 0 Å². The maximum Gasteiger partial charge on any atom is 0.0443 e. The molecule has 0 bridgehead atoms. The lowest BCUT2D eigenvalue weighted by atomic mass is 9.91. The summed E-state index contributed by atoms with van der Waals surface area (Å²) < 4.78 is 1.13. The molecule has 0 atom stereocenters. The SMILES string of the molecule is OCCCN(Cc1ccc(Br)cc1)C1CCC1. The summed E-state index contributed by atoms with van der Waals surface area (Å²) in [7, 11) is 0. The first-order valence-corrected chi connectivity index (χ1v) is 7.18. The Labute approximate surface area is 112 Å². The van der Waals surface area contributed by atoms with Gasteiger partial charge in [0.15, 0.2) is 0 Å². The zero-order chi connectivity index (χ0) is 12.1. The summed E-state index contributed by atoms with van der Waals surface area (Å²) >= 11 is 3.46. The van der Waals surface area contributed by atoms with Gasteiger partial charge in [-0.2, -0.15) is 0 Å². The van der Waals surface area contributed by atoms with Gasteiger partial charge in [-0.1, -0.05) is 34.5 Å². The number of benzene rings is 1. The number of hydrogen-bond donors (Lipinski definition) is 1. The molecule has 0 radical (unpaired) electrons. The molecule has 0 aromatic heterocycles. The number of halogens is 1. The predicted molar refractivity (Wildman–Crippen MR) is 73.9 cm³/mol. The van der Waals surface area contributed by atoms with Gasteiger partial charge < -0.3 is 5.11 Å². The summed E-state index contributed by atoms with van der Waals surface area (Å²) in [5, 5.41) is 8.96. The molecule has 3 heteroatoms. The highest BCUT2D eigenvalue weighted by Crippen LogP contribution is 2.26. The molecule has 2 nitrogen and oxygen atoms in total. The quantitative estimate of drug-likeness (QED) is 0.872. The van der Waals surface area contributed by atoms with E-state index in [2.05, 4.69) is 45.1 Å². The second kappa shape index (κ2) is 6.53. The van der Waals surface area contributed by atoms with Crippen molar-refractivity contribution < 1.29 is 5.11 Å². The Morgan fingerprint density at radius 2 is 1.94 bits per heavy atom. The number of nitrogens with zero attached hydrogens (tertiary/aromatic N) is 1. The molecule has 1 aromatic rings. The molecule has 1 fully saturated rings. The summed E-state index contributed by atoms with van der Waals surface area (Å²) in [4.78, 5) is 2.52. The third kappa shape index (κ3) is 3.80. The van der Waals surface area contributed by atoms with Gasteiger partial charge in [0.25, 0.3) is 0 Å². The van der Waals surface area contributed by atoms with Crippen molar-refractivity contribution in [3.8, 4) is 0 Å². The van der Waals surface area contributed by atoms with Crippen molar-refractivity contribution in [2.45, 2.75) is 38.3 Å². The van der Waals surface area contributed by atoms with E-state index in [-0.39, 0.29) is 0 Å². The Hall–Kier alpha value is -0.380. The highest BCUT2D eigenvalue weighted by atomic mass is 79.9. The standard InChI is InChI=1S/C14H20BrNO/c15-13-7-5-12(6-8-13)11-16(9-2-10-17)14-3-1-4-14/h5-8,14,17H,1-4,9-11H2. The minimum atomic E-state index is 0.295. The second-order valence-electron chi connectivity index (χ2n) is 4.76. The first-order valence-electron chi connectivity index (χ1n) is 6.39. The molecule has 1 saturated carbocycles. The van der Waals surface area contributed by atoms with E-state index >= 15 is 0 Å². The number of aliphatic hydroxyl groups excluding tert-OH is 1. The Morgan fingerprint density at radius 3 is 2.47 bits per heavy atom. The Kier molecular flexibility index (Phi) is 5.01. The summed E-state index contributed by atoms with van der Waals surface area (Å²) in [6.07, 6.45) is 4.89. The summed E-state index contributed by atoms with van der Waals surface area (Å²) in [5.74, 6) is 0. The van der Waals surface area contributed by atoms with Crippen LogP contribution in [0.2, 0.25) is 0 Å². The molecular weight excluding hydrogens is 278 g/mol. The first kappa shape index (κ1) is 13.1. The van der Waals surface area contributed by atoms with Crippen molar-refractivity contribution in [2.75, 3.05) is 13.2 Å². The number of hydrogen-bond acceptors (Lipinski definition) is 2. The second-order valence-corrected chi connectivity index (χ2v) is 5.67. The number of rotatable bonds is 6. The Bertz CT molecular complexity index is 335. The lowest BCUT2D eigenvalue weighted by Crippen LogP contribution is -2.40. The van der Waals surface area contributed by atoms with Crippen LogP contribution < -0.4 is 0 Å². The van der Waals surface area contributed by atoms with Crippen molar-refractivity contribution in [2.24, 2.45) is 0 Å². The van der Waals surface area contributed by atoms with Gasteiger partial charge in [0.2, 0.25) is 0 Å². The van der Waals surface area contributed by atoms with Crippen LogP contribution in [0.25, 0.3) is 0 Å². The molecular formula is C14H20BrNO. The van der Waals surface area contributed by atoms with E-state index in [0.29, 0.717) is 6.61 Å². The van der Waals surface area contributed by atoms with Gasteiger partial charge in [-0.3, -0.25) is 4.90 Å². The van der Waals surface area contributed by atoms with Gasteiger partial charge in [0.05, 0.1) is 0 Å². The Morgan fingerprint density at radius 1 is 1.24 bits per heavy atom. The minimum absolute atomic E-state index is 0.295. The van der Waals surface area contributed by atoms with E-state index in [1.165, 1.54) is 24.8 Å². The van der Waals surface area contributed by atoms with Gasteiger partial charge in [-0.05, 0) is 37.0 Å². The van der Waals surface area contributed by atoms with E-state index in [9.17, 15) is 0 Å². The van der Waals surface area contributed by atoms with E-state index in [0.717, 1.165) is 30.0 Å². The fourth-order valence-electron chi connectivity index (χ4n) is 2.24. The lowest BCUT2D eigenvalue weighted by Gasteiger charge is -2.37. The molecule has 0 heterocycles. The maximum absolute atomic E-state index is 8.96. The van der Waals surface area contributed by atoms with Gasteiger partial charge in [0.1, 0.15) is 0 Å². The van der Waals surface area contributed by atoms with Crippen LogP contribution in [0.4, 0.5) is 0 Å². The van der Waals surface area contributed by atoms with Crippen molar-refractivity contribution in [3.63, 3.8) is 0 Å². The van der Waals surface area contributed by atoms with Crippen molar-refractivity contribution in [1.29, 1.82) is 0 Å². The summed E-state index contributed by atoms with van der Waals surface area (Å²) in [5.41, 5.74) is 1.36. The molecule has 17 heavy (non-hydrogen) atoms. The normalized spacial score (nSPS) is 16.2. The number of aliphatic hydroxyl groups is 1. The molecule has 1 aromatic carbocycles. The van der Waals surface area contributed by atoms with Crippen LogP contribution in [-0.2, 0) is 6.54 Å². The Balaban J connectivity index is 1.93. The topological polar surface area (TPSA) is 23.5 Å². The average molecular weight is 298 g/mol. The van der Waals surface area contributed by atoms with Crippen molar-refractivity contribution in [1.82, 2.24) is 4.90 Å². The smallest absolute Gasteiger partial charge is 0.0443 e. The van der Waals surface area contributed by atoms with Gasteiger partial charge in [0, 0.05) is 30.2 Å². The van der Waals surface area contributed by atoms with Crippen LogP contribution in [0.15, 0.2) is 28.7 Å². The molecule has 0 unspecified atom stereocenters. The maximum atomic E-state index is 8.96. The highest BCUT2D eigenvalue weighted by Gasteiger charge is 2.24. The zero-order valence-electron chi connectivity index (χ0n) is 10.1.